The molecule has 0 spiro atoms. The van der Waals surface area contributed by atoms with Crippen LogP contribution in [0.4, 0.5) is 0 Å². The summed E-state index contributed by atoms with van der Waals surface area (Å²) in [7, 11) is 2.04. The zero-order valence-corrected chi connectivity index (χ0v) is 13.1. The highest BCUT2D eigenvalue weighted by Crippen LogP contribution is 2.28. The number of unbranched alkanes of at least 4 members (excludes halogenated alkanes) is 3. The molecule has 0 saturated heterocycles. The van der Waals surface area contributed by atoms with Crippen molar-refractivity contribution in [2.24, 2.45) is 0 Å². The number of aryl methyl sites for hydroxylation is 1. The maximum atomic E-state index is 3.76. The standard InChI is InChI=1S/C16H24BrN/c1-4-5-6-7-8-9-16(18-3)14-11-10-13(2)12-15(14)17/h4,10-12,16,18H,1,5-9H2,2-3H3. The summed E-state index contributed by atoms with van der Waals surface area (Å²) in [6.45, 7) is 5.88. The fraction of sp³-hybridized carbons (Fsp3) is 0.500. The van der Waals surface area contributed by atoms with Gasteiger partial charge in [-0.25, -0.2) is 0 Å². The van der Waals surface area contributed by atoms with Crippen LogP contribution in [0, 0.1) is 6.92 Å². The fourth-order valence-corrected chi connectivity index (χ4v) is 2.95. The normalized spacial score (nSPS) is 12.4. The smallest absolute Gasteiger partial charge is 0.0328 e. The molecule has 1 unspecified atom stereocenters. The topological polar surface area (TPSA) is 12.0 Å². The second kappa shape index (κ2) is 8.49. The van der Waals surface area contributed by atoms with Gasteiger partial charge < -0.3 is 5.32 Å². The van der Waals surface area contributed by atoms with E-state index in [-0.39, 0.29) is 0 Å². The highest BCUT2D eigenvalue weighted by molar-refractivity contribution is 9.10. The molecule has 0 aliphatic rings. The van der Waals surface area contributed by atoms with Crippen LogP contribution in [0.1, 0.15) is 49.3 Å². The van der Waals surface area contributed by atoms with Crippen molar-refractivity contribution in [1.82, 2.24) is 5.32 Å². The van der Waals surface area contributed by atoms with Crippen LogP contribution >= 0.6 is 15.9 Å². The monoisotopic (exact) mass is 309 g/mol. The number of hydrogen-bond acceptors (Lipinski definition) is 1. The Bertz CT molecular complexity index is 373. The van der Waals surface area contributed by atoms with Gasteiger partial charge in [-0.2, -0.15) is 0 Å². The SMILES string of the molecule is C=CCCCCCC(NC)c1ccc(C)cc1Br. The second-order valence-corrected chi connectivity index (χ2v) is 5.65. The summed E-state index contributed by atoms with van der Waals surface area (Å²) in [6.07, 6.45) is 8.14. The van der Waals surface area contributed by atoms with Gasteiger partial charge in [-0.05, 0) is 50.4 Å². The minimum absolute atomic E-state index is 0.448. The summed E-state index contributed by atoms with van der Waals surface area (Å²) in [5.74, 6) is 0. The number of hydrogen-bond donors (Lipinski definition) is 1. The molecule has 1 atom stereocenters. The highest BCUT2D eigenvalue weighted by atomic mass is 79.9. The minimum Gasteiger partial charge on any atom is -0.313 e. The molecule has 0 bridgehead atoms. The lowest BCUT2D eigenvalue weighted by Gasteiger charge is -2.18. The first-order valence-electron chi connectivity index (χ1n) is 6.73. The number of allylic oxidation sites excluding steroid dienone is 1. The van der Waals surface area contributed by atoms with Crippen LogP contribution in [0.2, 0.25) is 0 Å². The van der Waals surface area contributed by atoms with Crippen molar-refractivity contribution in [2.45, 2.75) is 45.1 Å². The molecular weight excluding hydrogens is 286 g/mol. The minimum atomic E-state index is 0.448. The third kappa shape index (κ3) is 4.95. The third-order valence-corrected chi connectivity index (χ3v) is 3.97. The molecule has 0 heterocycles. The molecule has 0 fully saturated rings. The van der Waals surface area contributed by atoms with E-state index in [1.807, 2.05) is 13.1 Å². The molecule has 0 saturated carbocycles. The first-order valence-corrected chi connectivity index (χ1v) is 7.52. The van der Waals surface area contributed by atoms with Gasteiger partial charge in [0.05, 0.1) is 0 Å². The molecule has 18 heavy (non-hydrogen) atoms. The van der Waals surface area contributed by atoms with Crippen molar-refractivity contribution in [1.29, 1.82) is 0 Å². The third-order valence-electron chi connectivity index (χ3n) is 3.28. The Morgan fingerprint density at radius 3 is 2.72 bits per heavy atom. The number of benzene rings is 1. The van der Waals surface area contributed by atoms with E-state index in [2.05, 4.69) is 52.9 Å². The largest absolute Gasteiger partial charge is 0.313 e. The van der Waals surface area contributed by atoms with Crippen molar-refractivity contribution in [2.75, 3.05) is 7.05 Å². The maximum Gasteiger partial charge on any atom is 0.0328 e. The van der Waals surface area contributed by atoms with Crippen LogP contribution in [0.5, 0.6) is 0 Å². The van der Waals surface area contributed by atoms with Crippen LogP contribution in [0.15, 0.2) is 35.3 Å². The van der Waals surface area contributed by atoms with E-state index in [9.17, 15) is 0 Å². The van der Waals surface area contributed by atoms with Crippen molar-refractivity contribution < 1.29 is 0 Å². The molecule has 0 amide bonds. The van der Waals surface area contributed by atoms with E-state index in [1.54, 1.807) is 0 Å². The molecule has 1 N–H and O–H groups in total. The van der Waals surface area contributed by atoms with Gasteiger partial charge >= 0.3 is 0 Å². The fourth-order valence-electron chi connectivity index (χ4n) is 2.18. The summed E-state index contributed by atoms with van der Waals surface area (Å²) in [5.41, 5.74) is 2.67. The van der Waals surface area contributed by atoms with Crippen LogP contribution in [0.25, 0.3) is 0 Å². The lowest BCUT2D eigenvalue weighted by atomic mass is 9.99. The van der Waals surface area contributed by atoms with Crippen LogP contribution in [-0.2, 0) is 0 Å². The molecule has 0 aliphatic heterocycles. The molecule has 1 aromatic rings. The van der Waals surface area contributed by atoms with E-state index >= 15 is 0 Å². The second-order valence-electron chi connectivity index (χ2n) is 4.79. The van der Waals surface area contributed by atoms with E-state index in [0.29, 0.717) is 6.04 Å². The van der Waals surface area contributed by atoms with E-state index < -0.39 is 0 Å². The Kier molecular flexibility index (Phi) is 7.29. The van der Waals surface area contributed by atoms with Crippen molar-refractivity contribution >= 4 is 15.9 Å². The Balaban J connectivity index is 2.52. The van der Waals surface area contributed by atoms with Crippen molar-refractivity contribution in [3.63, 3.8) is 0 Å². The van der Waals surface area contributed by atoms with Crippen LogP contribution in [-0.4, -0.2) is 7.05 Å². The van der Waals surface area contributed by atoms with Crippen molar-refractivity contribution in [3.8, 4) is 0 Å². The zero-order valence-electron chi connectivity index (χ0n) is 11.5. The van der Waals surface area contributed by atoms with Crippen LogP contribution in [0.3, 0.4) is 0 Å². The summed E-state index contributed by atoms with van der Waals surface area (Å²) in [5, 5.41) is 3.42. The number of rotatable bonds is 8. The molecule has 0 aromatic heterocycles. The first kappa shape index (κ1) is 15.5. The summed E-state index contributed by atoms with van der Waals surface area (Å²) < 4.78 is 1.22. The Labute approximate surface area is 120 Å². The molecule has 1 rings (SSSR count). The lowest BCUT2D eigenvalue weighted by Crippen LogP contribution is -2.16. The summed E-state index contributed by atoms with van der Waals surface area (Å²) in [4.78, 5) is 0. The summed E-state index contributed by atoms with van der Waals surface area (Å²) >= 11 is 3.67. The molecular formula is C16H24BrN. The zero-order chi connectivity index (χ0) is 13.4. The van der Waals surface area contributed by atoms with E-state index in [1.165, 1.54) is 41.3 Å². The van der Waals surface area contributed by atoms with E-state index in [0.717, 1.165) is 6.42 Å². The average Bonchev–Trinajstić information content (AvgIpc) is 2.35. The van der Waals surface area contributed by atoms with Gasteiger partial charge in [0.1, 0.15) is 0 Å². The predicted molar refractivity (Wildman–Crippen MR) is 84.0 cm³/mol. The van der Waals surface area contributed by atoms with Gasteiger partial charge in [0.2, 0.25) is 0 Å². The van der Waals surface area contributed by atoms with Crippen molar-refractivity contribution in [3.05, 3.63) is 46.5 Å². The first-order chi connectivity index (χ1) is 8.69. The Morgan fingerprint density at radius 2 is 2.11 bits per heavy atom. The maximum absolute atomic E-state index is 3.76. The average molecular weight is 310 g/mol. The van der Waals surface area contributed by atoms with Gasteiger partial charge in [0, 0.05) is 10.5 Å². The van der Waals surface area contributed by atoms with Gasteiger partial charge in [-0.1, -0.05) is 47.0 Å². The van der Waals surface area contributed by atoms with Gasteiger partial charge in [0.25, 0.3) is 0 Å². The van der Waals surface area contributed by atoms with Gasteiger partial charge in [-0.15, -0.1) is 6.58 Å². The Morgan fingerprint density at radius 1 is 1.33 bits per heavy atom. The van der Waals surface area contributed by atoms with Gasteiger partial charge in [-0.3, -0.25) is 0 Å². The molecule has 1 aromatic carbocycles. The number of halogens is 1. The predicted octanol–water partition coefficient (Wildman–Crippen LogP) is 5.15. The summed E-state index contributed by atoms with van der Waals surface area (Å²) in [6, 6.07) is 7.05. The highest BCUT2D eigenvalue weighted by Gasteiger charge is 2.11. The lowest BCUT2D eigenvalue weighted by molar-refractivity contribution is 0.506. The van der Waals surface area contributed by atoms with Crippen LogP contribution < -0.4 is 5.32 Å². The van der Waals surface area contributed by atoms with E-state index in [4.69, 9.17) is 0 Å². The molecule has 0 aliphatic carbocycles. The molecule has 0 radical (unpaired) electrons. The van der Waals surface area contributed by atoms with Gasteiger partial charge in [0.15, 0.2) is 0 Å². The Hall–Kier alpha value is -0.600. The molecule has 1 nitrogen and oxygen atoms in total. The quantitative estimate of drug-likeness (QED) is 0.517. The molecule has 2 heteroatoms. The molecule has 100 valence electrons. The number of nitrogens with one attached hydrogen (secondary N) is 1.